The lowest BCUT2D eigenvalue weighted by Gasteiger charge is -2.31. The number of rotatable bonds is 8. The van der Waals surface area contributed by atoms with Gasteiger partial charge < -0.3 is 5.11 Å². The van der Waals surface area contributed by atoms with Crippen LogP contribution >= 0.6 is 11.8 Å². The van der Waals surface area contributed by atoms with Gasteiger partial charge in [0.2, 0.25) is 0 Å². The molecule has 2 nitrogen and oxygen atoms in total. The Morgan fingerprint density at radius 1 is 1.17 bits per heavy atom. The maximum atomic E-state index is 9.88. The summed E-state index contributed by atoms with van der Waals surface area (Å²) in [5.74, 6) is 1.05. The average molecular weight is 267 g/mol. The van der Waals surface area contributed by atoms with Crippen LogP contribution in [0.5, 0.6) is 0 Å². The summed E-state index contributed by atoms with van der Waals surface area (Å²) >= 11 is 1.86. The lowest BCUT2D eigenvalue weighted by molar-refractivity contribution is 0.114. The van der Waals surface area contributed by atoms with E-state index in [0.29, 0.717) is 0 Å². The molecule has 0 aliphatic rings. The third kappa shape index (κ3) is 5.01. The number of hydrogen-bond donors (Lipinski definition) is 1. The molecule has 2 unspecified atom stereocenters. The third-order valence-electron chi connectivity index (χ3n) is 3.11. The van der Waals surface area contributed by atoms with Crippen LogP contribution in [0.25, 0.3) is 0 Å². The van der Waals surface area contributed by atoms with Gasteiger partial charge in [0, 0.05) is 0 Å². The van der Waals surface area contributed by atoms with Crippen LogP contribution in [0.1, 0.15) is 26.3 Å². The minimum atomic E-state index is -0.286. The molecule has 1 aromatic rings. The van der Waals surface area contributed by atoms with E-state index in [1.165, 1.54) is 5.56 Å². The number of nitrogens with zero attached hydrogens (tertiary/aromatic N) is 1. The van der Waals surface area contributed by atoms with Crippen molar-refractivity contribution in [2.75, 3.05) is 18.8 Å². The molecule has 1 aromatic carbocycles. The molecule has 0 radical (unpaired) electrons. The van der Waals surface area contributed by atoms with Gasteiger partial charge in [-0.1, -0.05) is 44.2 Å². The van der Waals surface area contributed by atoms with Gasteiger partial charge in [-0.05, 0) is 37.8 Å². The maximum absolute atomic E-state index is 9.88. The number of aryl methyl sites for hydroxylation is 1. The Labute approximate surface area is 115 Å². The van der Waals surface area contributed by atoms with E-state index >= 15 is 0 Å². The van der Waals surface area contributed by atoms with E-state index in [1.807, 2.05) is 24.8 Å². The maximum Gasteiger partial charge on any atom is 0.0817 e. The molecule has 18 heavy (non-hydrogen) atoms. The molecule has 0 fully saturated rings. The first kappa shape index (κ1) is 15.5. The summed E-state index contributed by atoms with van der Waals surface area (Å²) in [7, 11) is 0. The molecule has 0 aromatic heterocycles. The van der Waals surface area contributed by atoms with Crippen molar-refractivity contribution in [2.24, 2.45) is 0 Å². The van der Waals surface area contributed by atoms with Crippen LogP contribution < -0.4 is 0 Å². The Kier molecular flexibility index (Phi) is 7.40. The topological polar surface area (TPSA) is 23.5 Å². The van der Waals surface area contributed by atoms with Crippen LogP contribution in [0, 0.1) is 0 Å². The Bertz CT molecular complexity index is 312. The minimum Gasteiger partial charge on any atom is -0.391 e. The smallest absolute Gasteiger partial charge is 0.0817 e. The number of aliphatic hydroxyl groups excluding tert-OH is 1. The normalized spacial score (nSPS) is 14.7. The van der Waals surface area contributed by atoms with Crippen LogP contribution in [0.4, 0.5) is 0 Å². The molecule has 0 bridgehead atoms. The summed E-state index contributed by atoms with van der Waals surface area (Å²) in [4.78, 5) is 2.32. The second-order valence-corrected chi connectivity index (χ2v) is 5.68. The van der Waals surface area contributed by atoms with Crippen molar-refractivity contribution in [3.8, 4) is 0 Å². The van der Waals surface area contributed by atoms with Gasteiger partial charge in [0.1, 0.15) is 0 Å². The monoisotopic (exact) mass is 267 g/mol. The quantitative estimate of drug-likeness (QED) is 0.732. The van der Waals surface area contributed by atoms with Crippen molar-refractivity contribution in [1.82, 2.24) is 4.90 Å². The van der Waals surface area contributed by atoms with E-state index in [-0.39, 0.29) is 11.5 Å². The molecule has 0 spiro atoms. The van der Waals surface area contributed by atoms with E-state index < -0.39 is 0 Å². The number of hydrogen-bond acceptors (Lipinski definition) is 3. The lowest BCUT2D eigenvalue weighted by atomic mass is 10.2. The highest BCUT2D eigenvalue weighted by atomic mass is 32.2. The molecule has 2 atom stereocenters. The van der Waals surface area contributed by atoms with Crippen LogP contribution in [0.15, 0.2) is 30.3 Å². The number of benzene rings is 1. The van der Waals surface area contributed by atoms with Gasteiger partial charge in [-0.25, -0.2) is 0 Å². The van der Waals surface area contributed by atoms with Gasteiger partial charge in [0.25, 0.3) is 0 Å². The highest BCUT2D eigenvalue weighted by Gasteiger charge is 2.20. The fourth-order valence-corrected chi connectivity index (χ4v) is 3.46. The van der Waals surface area contributed by atoms with E-state index in [9.17, 15) is 5.11 Å². The van der Waals surface area contributed by atoms with Gasteiger partial charge in [-0.2, -0.15) is 0 Å². The molecule has 1 rings (SSSR count). The first-order valence-electron chi connectivity index (χ1n) is 6.76. The van der Waals surface area contributed by atoms with Crippen LogP contribution in [0.2, 0.25) is 0 Å². The van der Waals surface area contributed by atoms with Gasteiger partial charge in [-0.15, -0.1) is 11.8 Å². The average Bonchev–Trinajstić information content (AvgIpc) is 2.39. The van der Waals surface area contributed by atoms with Crippen molar-refractivity contribution in [1.29, 1.82) is 0 Å². The Morgan fingerprint density at radius 3 is 2.28 bits per heavy atom. The minimum absolute atomic E-state index is 0.212. The second-order valence-electron chi connectivity index (χ2n) is 4.46. The summed E-state index contributed by atoms with van der Waals surface area (Å²) in [6, 6.07) is 10.5. The Balaban J connectivity index is 2.43. The van der Waals surface area contributed by atoms with Crippen LogP contribution in [0.3, 0.4) is 0 Å². The molecule has 0 saturated heterocycles. The fourth-order valence-electron chi connectivity index (χ4n) is 2.08. The van der Waals surface area contributed by atoms with Crippen molar-refractivity contribution in [3.05, 3.63) is 35.9 Å². The standard InChI is InChI=1S/C15H25NOS/c1-4-16(5-2)15(13(3)17)18-12-11-14-9-7-6-8-10-14/h6-10,13,15,17H,4-5,11-12H2,1-3H3. The van der Waals surface area contributed by atoms with Crippen molar-refractivity contribution in [2.45, 2.75) is 38.7 Å². The van der Waals surface area contributed by atoms with E-state index in [2.05, 4.69) is 43.0 Å². The highest BCUT2D eigenvalue weighted by Crippen LogP contribution is 2.20. The first-order valence-corrected chi connectivity index (χ1v) is 7.81. The molecule has 0 heterocycles. The number of likely N-dealkylation sites (N-methyl/N-ethyl adjacent to an activating group) is 1. The van der Waals surface area contributed by atoms with Gasteiger partial charge in [0.15, 0.2) is 0 Å². The van der Waals surface area contributed by atoms with Crippen LogP contribution in [-0.4, -0.2) is 40.3 Å². The van der Waals surface area contributed by atoms with E-state index in [1.54, 1.807) is 0 Å². The molecular weight excluding hydrogens is 242 g/mol. The summed E-state index contributed by atoms with van der Waals surface area (Å²) in [5, 5.41) is 10.1. The van der Waals surface area contributed by atoms with E-state index in [4.69, 9.17) is 0 Å². The molecule has 0 amide bonds. The summed E-state index contributed by atoms with van der Waals surface area (Å²) in [6.45, 7) is 8.17. The lowest BCUT2D eigenvalue weighted by Crippen LogP contribution is -2.40. The highest BCUT2D eigenvalue weighted by molar-refractivity contribution is 7.99. The fraction of sp³-hybridized carbons (Fsp3) is 0.600. The van der Waals surface area contributed by atoms with Crippen molar-refractivity contribution in [3.63, 3.8) is 0 Å². The number of aliphatic hydroxyl groups is 1. The molecule has 0 saturated carbocycles. The van der Waals surface area contributed by atoms with Gasteiger partial charge in [-0.3, -0.25) is 4.90 Å². The largest absolute Gasteiger partial charge is 0.391 e. The zero-order chi connectivity index (χ0) is 13.4. The summed E-state index contributed by atoms with van der Waals surface area (Å²) < 4.78 is 0. The van der Waals surface area contributed by atoms with Gasteiger partial charge >= 0.3 is 0 Å². The molecule has 0 aliphatic heterocycles. The first-order chi connectivity index (χ1) is 8.69. The molecule has 102 valence electrons. The Morgan fingerprint density at radius 2 is 1.78 bits per heavy atom. The summed E-state index contributed by atoms with van der Waals surface area (Å²) in [5.41, 5.74) is 1.37. The predicted molar refractivity (Wildman–Crippen MR) is 81.0 cm³/mol. The third-order valence-corrected chi connectivity index (χ3v) is 4.58. The van der Waals surface area contributed by atoms with E-state index in [0.717, 1.165) is 25.3 Å². The van der Waals surface area contributed by atoms with Gasteiger partial charge in [0.05, 0.1) is 11.5 Å². The molecule has 3 heteroatoms. The summed E-state index contributed by atoms with van der Waals surface area (Å²) in [6.07, 6.45) is 0.779. The molecule has 1 N–H and O–H groups in total. The Hall–Kier alpha value is -0.510. The van der Waals surface area contributed by atoms with Crippen LogP contribution in [-0.2, 0) is 6.42 Å². The predicted octanol–water partition coefficient (Wildman–Crippen LogP) is 3.01. The zero-order valence-corrected chi connectivity index (χ0v) is 12.5. The second kappa shape index (κ2) is 8.57. The molecule has 0 aliphatic carbocycles. The molecular formula is C15H25NOS. The number of thioether (sulfide) groups is 1. The van der Waals surface area contributed by atoms with Crippen molar-refractivity contribution < 1.29 is 5.11 Å². The zero-order valence-electron chi connectivity index (χ0n) is 11.7. The SMILES string of the molecule is CCN(CC)C(SCCc1ccccc1)C(C)O. The van der Waals surface area contributed by atoms with Crippen molar-refractivity contribution >= 4 is 11.8 Å².